The van der Waals surface area contributed by atoms with Crippen LogP contribution in [0.5, 0.6) is 11.5 Å². The number of alkyl halides is 2. The molecule has 148 valence electrons. The van der Waals surface area contributed by atoms with E-state index in [-0.39, 0.29) is 5.75 Å². The minimum atomic E-state index is -2.87. The molecule has 7 nitrogen and oxygen atoms in total. The number of aromatic nitrogens is 4. The minimum Gasteiger partial charge on any atom is -0.496 e. The van der Waals surface area contributed by atoms with E-state index in [4.69, 9.17) is 10.6 Å². The van der Waals surface area contributed by atoms with Gasteiger partial charge < -0.3 is 15.3 Å². The summed E-state index contributed by atoms with van der Waals surface area (Å²) >= 11 is 1.39. The third kappa shape index (κ3) is 4.16. The Morgan fingerprint density at radius 2 is 1.89 bits per heavy atom. The van der Waals surface area contributed by atoms with Crippen molar-refractivity contribution in [2.45, 2.75) is 31.4 Å². The van der Waals surface area contributed by atoms with Crippen LogP contribution in [0.4, 0.5) is 8.78 Å². The highest BCUT2D eigenvalue weighted by Gasteiger charge is 2.15. The van der Waals surface area contributed by atoms with Gasteiger partial charge in [-0.3, -0.25) is 4.98 Å². The second-order valence-corrected chi connectivity index (χ2v) is 6.86. The van der Waals surface area contributed by atoms with Gasteiger partial charge in [-0.05, 0) is 38.1 Å². The molecule has 10 heteroatoms. The Morgan fingerprint density at radius 3 is 2.54 bits per heavy atom. The molecule has 0 aliphatic carbocycles. The van der Waals surface area contributed by atoms with Gasteiger partial charge in [0.2, 0.25) is 5.16 Å². The predicted octanol–water partition coefficient (Wildman–Crippen LogP) is 3.57. The fraction of sp³-hybridized carbons (Fsp3) is 0.278. The summed E-state index contributed by atoms with van der Waals surface area (Å²) in [6.45, 7) is 1.02. The van der Waals surface area contributed by atoms with Crippen LogP contribution >= 0.6 is 11.8 Å². The third-order valence-electron chi connectivity index (χ3n) is 4.09. The number of methoxy groups -OCH3 is 1. The first-order chi connectivity index (χ1) is 13.4. The van der Waals surface area contributed by atoms with Crippen molar-refractivity contribution in [3.8, 4) is 22.9 Å². The van der Waals surface area contributed by atoms with E-state index in [9.17, 15) is 8.78 Å². The van der Waals surface area contributed by atoms with Crippen LogP contribution in [0.2, 0.25) is 0 Å². The zero-order valence-corrected chi connectivity index (χ0v) is 16.3. The van der Waals surface area contributed by atoms with Crippen molar-refractivity contribution in [3.63, 3.8) is 0 Å². The van der Waals surface area contributed by atoms with E-state index in [2.05, 4.69) is 19.9 Å². The first-order valence-corrected chi connectivity index (χ1v) is 9.27. The van der Waals surface area contributed by atoms with E-state index in [1.54, 1.807) is 25.4 Å². The molecule has 3 rings (SSSR count). The molecular formula is C18H19F2N5O2S. The molecule has 1 aromatic carbocycles. The summed E-state index contributed by atoms with van der Waals surface area (Å²) in [4.78, 5) is 4.46. The number of hydrogen-bond acceptors (Lipinski definition) is 7. The molecule has 0 fully saturated rings. The monoisotopic (exact) mass is 407 g/mol. The fourth-order valence-corrected chi connectivity index (χ4v) is 3.59. The molecule has 0 saturated carbocycles. The van der Waals surface area contributed by atoms with Crippen LogP contribution in [0.25, 0.3) is 11.4 Å². The first kappa shape index (κ1) is 19.9. The number of benzene rings is 1. The fourth-order valence-electron chi connectivity index (χ4n) is 2.71. The molecule has 2 N–H and O–H groups in total. The lowest BCUT2D eigenvalue weighted by Crippen LogP contribution is -2.11. The molecule has 2 aromatic heterocycles. The maximum absolute atomic E-state index is 12.2. The largest absolute Gasteiger partial charge is 0.496 e. The zero-order chi connectivity index (χ0) is 20.3. The van der Waals surface area contributed by atoms with Crippen molar-refractivity contribution in [2.75, 3.05) is 13.0 Å². The highest BCUT2D eigenvalue weighted by molar-refractivity contribution is 7.98. The number of halogens is 2. The van der Waals surface area contributed by atoms with Crippen LogP contribution in [0.1, 0.15) is 16.8 Å². The van der Waals surface area contributed by atoms with Gasteiger partial charge in [-0.1, -0.05) is 11.8 Å². The molecule has 0 aliphatic heterocycles. The quantitative estimate of drug-likeness (QED) is 0.473. The number of hydrogen-bond donors (Lipinski definition) is 1. The van der Waals surface area contributed by atoms with Gasteiger partial charge in [0.15, 0.2) is 5.82 Å². The SMILES string of the molecule is COc1c(C)cnc(CSc2nnc(-c3ccc(OC(F)F)cc3)n2N)c1C. The number of aryl methyl sites for hydroxylation is 1. The lowest BCUT2D eigenvalue weighted by Gasteiger charge is -2.11. The Kier molecular flexibility index (Phi) is 5.98. The van der Waals surface area contributed by atoms with E-state index in [1.807, 2.05) is 13.8 Å². The number of ether oxygens (including phenoxy) is 2. The Bertz CT molecular complexity index is 963. The molecule has 0 spiro atoms. The number of pyridine rings is 1. The smallest absolute Gasteiger partial charge is 0.387 e. The summed E-state index contributed by atoms with van der Waals surface area (Å²) in [6, 6.07) is 6.04. The first-order valence-electron chi connectivity index (χ1n) is 8.28. The summed E-state index contributed by atoms with van der Waals surface area (Å²) < 4.78 is 35.6. The number of thioether (sulfide) groups is 1. The van der Waals surface area contributed by atoms with Gasteiger partial charge in [0, 0.05) is 28.6 Å². The average molecular weight is 407 g/mol. The van der Waals surface area contributed by atoms with Crippen molar-refractivity contribution in [1.29, 1.82) is 0 Å². The second-order valence-electron chi connectivity index (χ2n) is 5.91. The van der Waals surface area contributed by atoms with Gasteiger partial charge in [-0.25, -0.2) is 4.68 Å². The Labute approximate surface area is 164 Å². The highest BCUT2D eigenvalue weighted by atomic mass is 32.2. The summed E-state index contributed by atoms with van der Waals surface area (Å²) in [5.41, 5.74) is 3.44. The van der Waals surface area contributed by atoms with Gasteiger partial charge >= 0.3 is 6.61 Å². The Balaban J connectivity index is 1.75. The van der Waals surface area contributed by atoms with Gasteiger partial charge in [-0.15, -0.1) is 10.2 Å². The Hall–Kier alpha value is -2.88. The molecule has 0 aliphatic rings. The van der Waals surface area contributed by atoms with Gasteiger partial charge in [0.1, 0.15) is 11.5 Å². The van der Waals surface area contributed by atoms with E-state index in [1.165, 1.54) is 28.6 Å². The summed E-state index contributed by atoms with van der Waals surface area (Å²) in [5.74, 6) is 7.94. The lowest BCUT2D eigenvalue weighted by atomic mass is 10.1. The number of nitrogens with zero attached hydrogens (tertiary/aromatic N) is 4. The highest BCUT2D eigenvalue weighted by Crippen LogP contribution is 2.29. The number of nitrogens with two attached hydrogens (primary N) is 1. The molecule has 0 amide bonds. The van der Waals surface area contributed by atoms with Crippen molar-refractivity contribution in [3.05, 3.63) is 47.3 Å². The number of nitrogen functional groups attached to an aromatic ring is 1. The van der Waals surface area contributed by atoms with E-state index in [0.717, 1.165) is 22.6 Å². The van der Waals surface area contributed by atoms with Gasteiger partial charge in [-0.2, -0.15) is 8.78 Å². The average Bonchev–Trinajstić information content (AvgIpc) is 3.02. The maximum Gasteiger partial charge on any atom is 0.387 e. The van der Waals surface area contributed by atoms with Crippen molar-refractivity contribution in [2.24, 2.45) is 0 Å². The van der Waals surface area contributed by atoms with E-state index < -0.39 is 6.61 Å². The summed E-state index contributed by atoms with van der Waals surface area (Å²) in [5, 5.41) is 8.70. The standard InChI is InChI=1S/C18H19F2N5O2S/c1-10-8-22-14(11(2)15(10)26-3)9-28-18-24-23-16(25(18)21)12-4-6-13(7-5-12)27-17(19)20/h4-8,17H,9,21H2,1-3H3. The molecular weight excluding hydrogens is 388 g/mol. The lowest BCUT2D eigenvalue weighted by molar-refractivity contribution is -0.0498. The summed E-state index contributed by atoms with van der Waals surface area (Å²) in [7, 11) is 1.63. The predicted molar refractivity (Wildman–Crippen MR) is 102 cm³/mol. The molecule has 0 saturated heterocycles. The molecule has 0 bridgehead atoms. The van der Waals surface area contributed by atoms with E-state index in [0.29, 0.717) is 22.3 Å². The van der Waals surface area contributed by atoms with Crippen LogP contribution < -0.4 is 15.3 Å². The zero-order valence-electron chi connectivity index (χ0n) is 15.5. The summed E-state index contributed by atoms with van der Waals surface area (Å²) in [6.07, 6.45) is 1.77. The minimum absolute atomic E-state index is 0.0614. The van der Waals surface area contributed by atoms with Crippen molar-refractivity contribution < 1.29 is 18.3 Å². The van der Waals surface area contributed by atoms with Crippen LogP contribution in [-0.2, 0) is 5.75 Å². The molecule has 28 heavy (non-hydrogen) atoms. The molecule has 3 aromatic rings. The van der Waals surface area contributed by atoms with Crippen molar-refractivity contribution >= 4 is 11.8 Å². The van der Waals surface area contributed by atoms with Crippen molar-refractivity contribution in [1.82, 2.24) is 19.9 Å². The van der Waals surface area contributed by atoms with Crippen LogP contribution in [-0.4, -0.2) is 33.6 Å². The van der Waals surface area contributed by atoms with Gasteiger partial charge in [0.05, 0.1) is 12.8 Å². The van der Waals surface area contributed by atoms with Crippen LogP contribution in [0, 0.1) is 13.8 Å². The normalized spacial score (nSPS) is 11.1. The molecule has 0 radical (unpaired) electrons. The van der Waals surface area contributed by atoms with E-state index >= 15 is 0 Å². The molecule has 0 atom stereocenters. The Morgan fingerprint density at radius 1 is 1.18 bits per heavy atom. The maximum atomic E-state index is 12.2. The number of rotatable bonds is 7. The molecule has 2 heterocycles. The third-order valence-corrected chi connectivity index (χ3v) is 5.04. The van der Waals surface area contributed by atoms with Crippen LogP contribution in [0.3, 0.4) is 0 Å². The molecule has 0 unspecified atom stereocenters. The second kappa shape index (κ2) is 8.42. The van der Waals surface area contributed by atoms with Crippen LogP contribution in [0.15, 0.2) is 35.6 Å². The van der Waals surface area contributed by atoms with Gasteiger partial charge in [0.25, 0.3) is 0 Å². The topological polar surface area (TPSA) is 88.1 Å².